The number of piperidine rings is 1. The first-order valence-electron chi connectivity index (χ1n) is 8.66. The number of rotatable bonds is 3. The van der Waals surface area contributed by atoms with Gasteiger partial charge in [-0.1, -0.05) is 30.3 Å². The van der Waals surface area contributed by atoms with Crippen molar-refractivity contribution in [3.8, 4) is 0 Å². The van der Waals surface area contributed by atoms with E-state index < -0.39 is 5.60 Å². The van der Waals surface area contributed by atoms with E-state index in [0.717, 1.165) is 18.4 Å². The van der Waals surface area contributed by atoms with E-state index in [9.17, 15) is 14.7 Å². The Balaban J connectivity index is 1.31. The fourth-order valence-corrected chi connectivity index (χ4v) is 3.87. The molecule has 1 unspecified atom stereocenters. The highest BCUT2D eigenvalue weighted by Gasteiger charge is 2.56. The molecule has 0 bridgehead atoms. The molecular formula is C18H23N3O3. The topological polar surface area (TPSA) is 72.9 Å². The van der Waals surface area contributed by atoms with E-state index in [1.165, 1.54) is 0 Å². The average molecular weight is 329 g/mol. The molecular weight excluding hydrogens is 306 g/mol. The number of fused-ring (bicyclic) bond motifs is 1. The maximum absolute atomic E-state index is 12.5. The highest BCUT2D eigenvalue weighted by molar-refractivity contribution is 5.84. The summed E-state index contributed by atoms with van der Waals surface area (Å²) in [6.45, 7) is 1.92. The molecule has 1 aromatic rings. The quantitative estimate of drug-likeness (QED) is 0.873. The van der Waals surface area contributed by atoms with Gasteiger partial charge in [-0.15, -0.1) is 0 Å². The summed E-state index contributed by atoms with van der Waals surface area (Å²) < 4.78 is 0. The molecule has 0 aromatic heterocycles. The lowest BCUT2D eigenvalue weighted by atomic mass is 10.0. The van der Waals surface area contributed by atoms with Crippen LogP contribution in [-0.4, -0.2) is 58.6 Å². The number of aliphatic hydroxyl groups is 1. The van der Waals surface area contributed by atoms with Gasteiger partial charge in [-0.05, 0) is 24.8 Å². The van der Waals surface area contributed by atoms with E-state index in [4.69, 9.17) is 0 Å². The molecule has 3 atom stereocenters. The highest BCUT2D eigenvalue weighted by atomic mass is 16.3. The third-order valence-electron chi connectivity index (χ3n) is 5.61. The number of carbonyl (C=O) groups is 2. The summed E-state index contributed by atoms with van der Waals surface area (Å²) in [6, 6.07) is 9.75. The summed E-state index contributed by atoms with van der Waals surface area (Å²) in [5.74, 6) is 0.213. The second-order valence-corrected chi connectivity index (χ2v) is 7.22. The predicted molar refractivity (Wildman–Crippen MR) is 88.2 cm³/mol. The minimum Gasteiger partial charge on any atom is -0.389 e. The molecule has 24 heavy (non-hydrogen) atoms. The van der Waals surface area contributed by atoms with Crippen LogP contribution in [0.25, 0.3) is 0 Å². The van der Waals surface area contributed by atoms with Crippen molar-refractivity contribution in [1.29, 1.82) is 0 Å². The molecule has 3 amide bonds. The average Bonchev–Trinajstić information content (AvgIpc) is 3.28. The van der Waals surface area contributed by atoms with Crippen molar-refractivity contribution in [2.24, 2.45) is 5.92 Å². The molecule has 2 heterocycles. The van der Waals surface area contributed by atoms with Crippen LogP contribution in [0.4, 0.5) is 4.79 Å². The first-order chi connectivity index (χ1) is 11.5. The van der Waals surface area contributed by atoms with Gasteiger partial charge in [0, 0.05) is 25.6 Å². The van der Waals surface area contributed by atoms with Crippen LogP contribution >= 0.6 is 0 Å². The number of benzene rings is 1. The number of nitrogens with one attached hydrogen (secondary N) is 1. The Morgan fingerprint density at radius 3 is 2.79 bits per heavy atom. The monoisotopic (exact) mass is 329 g/mol. The summed E-state index contributed by atoms with van der Waals surface area (Å²) in [4.78, 5) is 28.2. The Labute approximate surface area is 141 Å². The number of hydrogen-bond donors (Lipinski definition) is 2. The molecule has 2 aliphatic heterocycles. The van der Waals surface area contributed by atoms with Crippen molar-refractivity contribution < 1.29 is 14.7 Å². The minimum atomic E-state index is -0.512. The highest BCUT2D eigenvalue weighted by Crippen LogP contribution is 2.49. The molecule has 6 nitrogen and oxygen atoms in total. The van der Waals surface area contributed by atoms with E-state index in [-0.39, 0.29) is 30.4 Å². The van der Waals surface area contributed by atoms with Crippen molar-refractivity contribution in [3.63, 3.8) is 0 Å². The molecule has 3 aliphatic rings. The Kier molecular flexibility index (Phi) is 3.72. The first-order valence-corrected chi connectivity index (χ1v) is 8.66. The summed E-state index contributed by atoms with van der Waals surface area (Å²) in [5.41, 5.74) is 0.586. The number of amides is 3. The number of urea groups is 1. The molecule has 1 aromatic carbocycles. The normalized spacial score (nSPS) is 32.1. The van der Waals surface area contributed by atoms with Crippen LogP contribution in [0.1, 0.15) is 30.9 Å². The van der Waals surface area contributed by atoms with Crippen molar-refractivity contribution >= 4 is 11.9 Å². The zero-order chi connectivity index (χ0) is 16.7. The fraction of sp³-hybridized carbons (Fsp3) is 0.556. The molecule has 3 fully saturated rings. The van der Waals surface area contributed by atoms with E-state index in [1.807, 2.05) is 30.3 Å². The number of carbonyl (C=O) groups excluding carboxylic acids is 2. The van der Waals surface area contributed by atoms with Gasteiger partial charge < -0.3 is 20.2 Å². The van der Waals surface area contributed by atoms with Gasteiger partial charge in [-0.25, -0.2) is 4.79 Å². The van der Waals surface area contributed by atoms with Crippen LogP contribution < -0.4 is 5.32 Å². The number of hydrogen-bond acceptors (Lipinski definition) is 3. The SMILES string of the molecule is O=C(CN1CCC(c2ccccc2)NC1=O)N1CC[C@@]2(O)C[C@H]2C1. The van der Waals surface area contributed by atoms with Crippen LogP contribution in [-0.2, 0) is 4.79 Å². The van der Waals surface area contributed by atoms with Crippen molar-refractivity contribution in [3.05, 3.63) is 35.9 Å². The number of likely N-dealkylation sites (tertiary alicyclic amines) is 1. The van der Waals surface area contributed by atoms with Crippen LogP contribution in [0, 0.1) is 5.92 Å². The molecule has 2 N–H and O–H groups in total. The lowest BCUT2D eigenvalue weighted by Gasteiger charge is -2.35. The summed E-state index contributed by atoms with van der Waals surface area (Å²) in [6.07, 6.45) is 2.26. The van der Waals surface area contributed by atoms with Gasteiger partial charge in [-0.3, -0.25) is 4.79 Å². The van der Waals surface area contributed by atoms with Gasteiger partial charge in [0.25, 0.3) is 0 Å². The molecule has 1 aliphatic carbocycles. The van der Waals surface area contributed by atoms with Gasteiger partial charge in [0.1, 0.15) is 6.54 Å². The third kappa shape index (κ3) is 2.86. The summed E-state index contributed by atoms with van der Waals surface area (Å²) in [5, 5.41) is 13.0. The maximum Gasteiger partial charge on any atom is 0.318 e. The first kappa shape index (κ1) is 15.4. The van der Waals surface area contributed by atoms with Crippen LogP contribution in [0.3, 0.4) is 0 Å². The molecule has 0 radical (unpaired) electrons. The zero-order valence-corrected chi connectivity index (χ0v) is 13.6. The minimum absolute atomic E-state index is 0.0153. The molecule has 4 rings (SSSR count). The Hall–Kier alpha value is -2.08. The standard InChI is InChI=1S/C18H23N3O3/c22-16(20-9-7-18(24)10-14(18)11-20)12-21-8-6-15(19-17(21)23)13-4-2-1-3-5-13/h1-5,14-15,24H,6-12H2,(H,19,23)/t14-,15?,18+/m0/s1. The predicted octanol–water partition coefficient (Wildman–Crippen LogP) is 1.13. The van der Waals surface area contributed by atoms with Gasteiger partial charge in [-0.2, -0.15) is 0 Å². The van der Waals surface area contributed by atoms with Gasteiger partial charge in [0.2, 0.25) is 5.91 Å². The van der Waals surface area contributed by atoms with Gasteiger partial charge in [0.15, 0.2) is 0 Å². The van der Waals surface area contributed by atoms with E-state index >= 15 is 0 Å². The van der Waals surface area contributed by atoms with Gasteiger partial charge >= 0.3 is 6.03 Å². The molecule has 2 saturated heterocycles. The Morgan fingerprint density at radius 2 is 2.08 bits per heavy atom. The molecule has 1 saturated carbocycles. The van der Waals surface area contributed by atoms with Crippen LogP contribution in [0.15, 0.2) is 30.3 Å². The maximum atomic E-state index is 12.5. The van der Waals surface area contributed by atoms with Crippen molar-refractivity contribution in [1.82, 2.24) is 15.1 Å². The zero-order valence-electron chi connectivity index (χ0n) is 13.6. The smallest absolute Gasteiger partial charge is 0.318 e. The molecule has 6 heteroatoms. The largest absolute Gasteiger partial charge is 0.389 e. The second kappa shape index (κ2) is 5.77. The van der Waals surface area contributed by atoms with E-state index in [1.54, 1.807) is 9.80 Å². The van der Waals surface area contributed by atoms with Crippen LogP contribution in [0.2, 0.25) is 0 Å². The van der Waals surface area contributed by atoms with E-state index in [2.05, 4.69) is 5.32 Å². The molecule has 128 valence electrons. The second-order valence-electron chi connectivity index (χ2n) is 7.22. The van der Waals surface area contributed by atoms with Crippen molar-refractivity contribution in [2.75, 3.05) is 26.2 Å². The van der Waals surface area contributed by atoms with Crippen molar-refractivity contribution in [2.45, 2.75) is 30.9 Å². The molecule has 0 spiro atoms. The lowest BCUT2D eigenvalue weighted by Crippen LogP contribution is -2.53. The Morgan fingerprint density at radius 1 is 1.29 bits per heavy atom. The fourth-order valence-electron chi connectivity index (χ4n) is 3.87. The van der Waals surface area contributed by atoms with Gasteiger partial charge in [0.05, 0.1) is 11.6 Å². The van der Waals surface area contributed by atoms with Crippen LogP contribution in [0.5, 0.6) is 0 Å². The lowest BCUT2D eigenvalue weighted by molar-refractivity contribution is -0.134. The summed E-state index contributed by atoms with van der Waals surface area (Å²) >= 11 is 0. The van der Waals surface area contributed by atoms with E-state index in [0.29, 0.717) is 26.1 Å². The number of nitrogens with zero attached hydrogens (tertiary/aromatic N) is 2. The summed E-state index contributed by atoms with van der Waals surface area (Å²) in [7, 11) is 0. The third-order valence-corrected chi connectivity index (χ3v) is 5.61. The Bertz CT molecular complexity index is 650.